The zero-order valence-corrected chi connectivity index (χ0v) is 15.0. The van der Waals surface area contributed by atoms with Crippen LogP contribution in [0.4, 0.5) is 32.0 Å². The Labute approximate surface area is 160 Å². The molecule has 0 saturated heterocycles. The molecule has 0 heterocycles. The summed E-state index contributed by atoms with van der Waals surface area (Å²) in [7, 11) is 0. The Bertz CT molecular complexity index is 857. The Morgan fingerprint density at radius 2 is 1.59 bits per heavy atom. The summed E-state index contributed by atoms with van der Waals surface area (Å²) >= 11 is 0. The zero-order valence-electron chi connectivity index (χ0n) is 15.0. The van der Waals surface area contributed by atoms with Gasteiger partial charge in [0, 0.05) is 17.5 Å². The molecule has 0 aliphatic carbocycles. The van der Waals surface area contributed by atoms with Crippen molar-refractivity contribution in [1.29, 1.82) is 0 Å². The molecule has 0 unspecified atom stereocenters. The Morgan fingerprint density at radius 1 is 1.00 bits per heavy atom. The predicted molar refractivity (Wildman–Crippen MR) is 91.1 cm³/mol. The molecule has 1 amide bonds. The van der Waals surface area contributed by atoms with Crippen LogP contribution in [0.3, 0.4) is 0 Å². The first-order chi connectivity index (χ1) is 13.2. The number of anilines is 1. The van der Waals surface area contributed by atoms with Gasteiger partial charge in [-0.2, -0.15) is 31.4 Å². The Hall–Kier alpha value is -3.18. The van der Waals surface area contributed by atoms with E-state index in [-0.39, 0.29) is 22.7 Å². The highest BCUT2D eigenvalue weighted by Gasteiger charge is 2.38. The van der Waals surface area contributed by atoms with Gasteiger partial charge in [0.2, 0.25) is 5.78 Å². The molecule has 1 aromatic carbocycles. The number of alkyl halides is 6. The summed E-state index contributed by atoms with van der Waals surface area (Å²) in [6, 6.07) is 5.47. The lowest BCUT2D eigenvalue weighted by Gasteiger charge is -2.12. The number of para-hydroxylation sites is 1. The van der Waals surface area contributed by atoms with Crippen LogP contribution in [0.25, 0.3) is 0 Å². The third-order valence-electron chi connectivity index (χ3n) is 3.21. The number of halogens is 6. The summed E-state index contributed by atoms with van der Waals surface area (Å²) in [6.45, 7) is 2.27. The summed E-state index contributed by atoms with van der Waals surface area (Å²) in [6.07, 6.45) is -10.8. The maximum atomic E-state index is 12.3. The average Bonchev–Trinajstić information content (AvgIpc) is 2.58. The van der Waals surface area contributed by atoms with Gasteiger partial charge in [-0.25, -0.2) is 5.43 Å². The highest BCUT2D eigenvalue weighted by atomic mass is 19.4. The van der Waals surface area contributed by atoms with Crippen LogP contribution >= 0.6 is 0 Å². The lowest BCUT2D eigenvalue weighted by molar-refractivity contribution is -0.169. The summed E-state index contributed by atoms with van der Waals surface area (Å²) < 4.78 is 73.5. The number of rotatable bonds is 7. The molecular formula is C17H15F6N3O3. The molecule has 0 fully saturated rings. The van der Waals surface area contributed by atoms with Crippen molar-refractivity contribution in [2.24, 2.45) is 5.10 Å². The number of carbonyl (C=O) groups is 3. The topological polar surface area (TPSA) is 87.6 Å². The van der Waals surface area contributed by atoms with E-state index in [0.29, 0.717) is 6.08 Å². The van der Waals surface area contributed by atoms with E-state index in [1.807, 2.05) is 5.43 Å². The monoisotopic (exact) mass is 423 g/mol. The maximum absolute atomic E-state index is 12.3. The van der Waals surface area contributed by atoms with Crippen molar-refractivity contribution in [3.63, 3.8) is 0 Å². The highest BCUT2D eigenvalue weighted by molar-refractivity contribution is 6.04. The van der Waals surface area contributed by atoms with Crippen LogP contribution in [-0.2, 0) is 9.59 Å². The van der Waals surface area contributed by atoms with Crippen molar-refractivity contribution < 1.29 is 40.7 Å². The fourth-order valence-electron chi connectivity index (χ4n) is 1.90. The fraction of sp³-hybridized carbons (Fsp3) is 0.294. The molecule has 6 nitrogen and oxygen atoms in total. The van der Waals surface area contributed by atoms with E-state index in [1.165, 1.54) is 31.2 Å². The third kappa shape index (κ3) is 7.76. The Morgan fingerprint density at radius 3 is 2.14 bits per heavy atom. The van der Waals surface area contributed by atoms with E-state index < -0.39 is 36.2 Å². The maximum Gasteiger partial charge on any atom is 0.454 e. The first-order valence-corrected chi connectivity index (χ1v) is 7.81. The van der Waals surface area contributed by atoms with Gasteiger partial charge in [0.05, 0.1) is 17.7 Å². The van der Waals surface area contributed by atoms with Gasteiger partial charge < -0.3 is 5.32 Å². The molecular weight excluding hydrogens is 408 g/mol. The number of Topliss-reactive ketones (excluding diaryl/α,β-unsaturated/α-hetero) is 1. The van der Waals surface area contributed by atoms with Crippen molar-refractivity contribution in [3.8, 4) is 0 Å². The van der Waals surface area contributed by atoms with Crippen molar-refractivity contribution in [1.82, 2.24) is 5.43 Å². The number of ketones is 2. The molecule has 29 heavy (non-hydrogen) atoms. The molecule has 12 heteroatoms. The van der Waals surface area contributed by atoms with Gasteiger partial charge in [-0.15, -0.1) is 0 Å². The number of amides is 1. The molecule has 0 aliphatic heterocycles. The number of nitrogens with one attached hydrogen (secondary N) is 2. The van der Waals surface area contributed by atoms with Crippen LogP contribution in [0.1, 0.15) is 30.6 Å². The largest absolute Gasteiger partial charge is 0.454 e. The van der Waals surface area contributed by atoms with Gasteiger partial charge in [0.15, 0.2) is 0 Å². The van der Waals surface area contributed by atoms with Gasteiger partial charge in [0.1, 0.15) is 0 Å². The van der Waals surface area contributed by atoms with Crippen molar-refractivity contribution >= 4 is 28.9 Å². The van der Waals surface area contributed by atoms with E-state index in [9.17, 15) is 40.7 Å². The van der Waals surface area contributed by atoms with Crippen LogP contribution < -0.4 is 10.7 Å². The molecule has 0 aliphatic rings. The van der Waals surface area contributed by atoms with Crippen LogP contribution in [-0.4, -0.2) is 35.5 Å². The minimum absolute atomic E-state index is 0.0212. The van der Waals surface area contributed by atoms with Crippen molar-refractivity contribution in [3.05, 3.63) is 41.6 Å². The van der Waals surface area contributed by atoms with E-state index in [1.54, 1.807) is 0 Å². The summed E-state index contributed by atoms with van der Waals surface area (Å²) in [5.74, 6) is -5.04. The highest BCUT2D eigenvalue weighted by Crippen LogP contribution is 2.21. The minimum Gasteiger partial charge on any atom is -0.358 e. The second-order valence-electron chi connectivity index (χ2n) is 5.75. The molecule has 158 valence electrons. The third-order valence-corrected chi connectivity index (χ3v) is 3.21. The number of carbonyl (C=O) groups excluding carboxylic acids is 3. The second kappa shape index (κ2) is 9.34. The smallest absolute Gasteiger partial charge is 0.358 e. The summed E-state index contributed by atoms with van der Waals surface area (Å²) in [5.41, 5.74) is 1.35. The molecule has 0 aromatic heterocycles. The molecule has 0 atom stereocenters. The van der Waals surface area contributed by atoms with E-state index in [0.717, 1.165) is 6.92 Å². The minimum atomic E-state index is -5.06. The summed E-state index contributed by atoms with van der Waals surface area (Å²) in [4.78, 5) is 34.0. The van der Waals surface area contributed by atoms with Crippen molar-refractivity contribution in [2.45, 2.75) is 32.6 Å². The first kappa shape index (κ1) is 23.9. The lowest BCUT2D eigenvalue weighted by atomic mass is 10.1. The van der Waals surface area contributed by atoms with E-state index in [4.69, 9.17) is 0 Å². The van der Waals surface area contributed by atoms with Crippen LogP contribution in [0.15, 0.2) is 41.1 Å². The van der Waals surface area contributed by atoms with E-state index in [2.05, 4.69) is 10.4 Å². The predicted octanol–water partition coefficient (Wildman–Crippen LogP) is 3.76. The second-order valence-corrected chi connectivity index (χ2v) is 5.75. The molecule has 0 saturated carbocycles. The average molecular weight is 423 g/mol. The van der Waals surface area contributed by atoms with Crippen molar-refractivity contribution in [2.75, 3.05) is 5.32 Å². The molecule has 1 aromatic rings. The normalized spacial score (nSPS) is 13.1. The van der Waals surface area contributed by atoms with Gasteiger partial charge in [0.25, 0.3) is 11.7 Å². The van der Waals surface area contributed by atoms with E-state index >= 15 is 0 Å². The Kier molecular flexibility index (Phi) is 7.69. The molecule has 0 bridgehead atoms. The standard InChI is InChI=1S/C17H15F6N3O3/c1-9(7-13(27)16(18,19)20)24-12-6-4-3-5-11(12)15(29)26-25-10(2)8-14(28)17(21,22)23/h3-7,24H,8H2,1-2H3,(H,26,29)/b9-7+,25-10+. The quantitative estimate of drug-likeness (QED) is 0.303. The summed E-state index contributed by atoms with van der Waals surface area (Å²) in [5, 5.41) is 5.87. The molecule has 2 N–H and O–H groups in total. The number of nitrogens with zero attached hydrogens (tertiary/aromatic N) is 1. The number of benzene rings is 1. The van der Waals surface area contributed by atoms with Crippen LogP contribution in [0.5, 0.6) is 0 Å². The van der Waals surface area contributed by atoms with Crippen LogP contribution in [0, 0.1) is 0 Å². The molecule has 0 radical (unpaired) electrons. The van der Waals surface area contributed by atoms with Crippen LogP contribution in [0.2, 0.25) is 0 Å². The Balaban J connectivity index is 2.92. The first-order valence-electron chi connectivity index (χ1n) is 7.81. The SMILES string of the molecule is C/C(=C\C(=O)C(F)(F)F)Nc1ccccc1C(=O)N/N=C(\C)CC(=O)C(F)(F)F. The molecule has 1 rings (SSSR count). The number of hydrogen-bond donors (Lipinski definition) is 2. The van der Waals surface area contributed by atoms with Gasteiger partial charge in [-0.3, -0.25) is 14.4 Å². The fourth-order valence-corrected chi connectivity index (χ4v) is 1.90. The number of hydrogen-bond acceptors (Lipinski definition) is 5. The van der Waals surface area contributed by atoms with Gasteiger partial charge >= 0.3 is 12.4 Å². The number of allylic oxidation sites excluding steroid dienone is 2. The van der Waals surface area contributed by atoms with Gasteiger partial charge in [-0.05, 0) is 26.0 Å². The lowest BCUT2D eigenvalue weighted by Crippen LogP contribution is -2.26. The van der Waals surface area contributed by atoms with Gasteiger partial charge in [-0.1, -0.05) is 12.1 Å². The number of hydrazone groups is 1. The zero-order chi connectivity index (χ0) is 22.4. The molecule has 0 spiro atoms.